The number of ether oxygens (including phenoxy) is 4. The van der Waals surface area contributed by atoms with Crippen molar-refractivity contribution in [3.05, 3.63) is 17.7 Å². The molecule has 0 heterocycles. The van der Waals surface area contributed by atoms with E-state index in [0.717, 1.165) is 0 Å². The Morgan fingerprint density at radius 2 is 1.68 bits per heavy atom. The molecule has 0 saturated heterocycles. The molecule has 0 saturated carbocycles. The third-order valence-corrected chi connectivity index (χ3v) is 2.33. The quantitative estimate of drug-likeness (QED) is 0.742. The molecule has 0 amide bonds. The highest BCUT2D eigenvalue weighted by atomic mass is 16.5. The predicted molar refractivity (Wildman–Crippen MR) is 71.3 cm³/mol. The van der Waals surface area contributed by atoms with E-state index in [1.807, 2.05) is 6.92 Å². The summed E-state index contributed by atoms with van der Waals surface area (Å²) in [6.07, 6.45) is -0.184. The topological polar surface area (TPSA) is 54.0 Å². The third kappa shape index (κ3) is 3.77. The van der Waals surface area contributed by atoms with Crippen LogP contribution in [-0.2, 0) is 4.74 Å². The van der Waals surface area contributed by atoms with E-state index in [4.69, 9.17) is 18.9 Å². The Morgan fingerprint density at radius 1 is 1.16 bits per heavy atom. The molecule has 106 valence electrons. The average molecular weight is 268 g/mol. The number of esters is 1. The van der Waals surface area contributed by atoms with Gasteiger partial charge in [0.05, 0.1) is 32.5 Å². The molecule has 0 spiro atoms. The van der Waals surface area contributed by atoms with Gasteiger partial charge in [0.2, 0.25) is 5.75 Å². The van der Waals surface area contributed by atoms with E-state index in [-0.39, 0.29) is 6.10 Å². The van der Waals surface area contributed by atoms with Gasteiger partial charge >= 0.3 is 5.97 Å². The molecule has 0 N–H and O–H groups in total. The molecule has 0 radical (unpaired) electrons. The van der Waals surface area contributed by atoms with Crippen LogP contribution in [0.15, 0.2) is 12.1 Å². The molecule has 0 fully saturated rings. The van der Waals surface area contributed by atoms with Gasteiger partial charge in [0.15, 0.2) is 11.5 Å². The summed E-state index contributed by atoms with van der Waals surface area (Å²) in [5.74, 6) is 0.942. The maximum Gasteiger partial charge on any atom is 0.338 e. The normalized spacial score (nSPS) is 10.2. The molecule has 0 atom stereocenters. The van der Waals surface area contributed by atoms with Crippen molar-refractivity contribution < 1.29 is 23.7 Å². The van der Waals surface area contributed by atoms with Gasteiger partial charge < -0.3 is 18.9 Å². The van der Waals surface area contributed by atoms with Crippen LogP contribution >= 0.6 is 0 Å². The molecular formula is C14H20O5. The van der Waals surface area contributed by atoms with E-state index >= 15 is 0 Å². The van der Waals surface area contributed by atoms with Crippen molar-refractivity contribution in [2.24, 2.45) is 0 Å². The minimum absolute atomic E-state index is 0.184. The number of carbonyl (C=O) groups is 1. The van der Waals surface area contributed by atoms with E-state index < -0.39 is 5.97 Å². The Labute approximate surface area is 113 Å². The van der Waals surface area contributed by atoms with Gasteiger partial charge in [-0.2, -0.15) is 0 Å². The lowest BCUT2D eigenvalue weighted by molar-refractivity contribution is 0.0377. The molecule has 5 heteroatoms. The van der Waals surface area contributed by atoms with Gasteiger partial charge in [0.1, 0.15) is 0 Å². The molecule has 1 rings (SSSR count). The monoisotopic (exact) mass is 268 g/mol. The fraction of sp³-hybridized carbons (Fsp3) is 0.500. The number of carbonyl (C=O) groups excluding carboxylic acids is 1. The first kappa shape index (κ1) is 15.1. The summed E-state index contributed by atoms with van der Waals surface area (Å²) in [6.45, 7) is 5.92. The second kappa shape index (κ2) is 6.87. The Morgan fingerprint density at radius 3 is 2.05 bits per heavy atom. The van der Waals surface area contributed by atoms with E-state index in [9.17, 15) is 4.79 Å². The Hall–Kier alpha value is -1.91. The number of hydrogen-bond acceptors (Lipinski definition) is 5. The molecule has 1 aromatic rings. The number of hydrogen-bond donors (Lipinski definition) is 0. The lowest BCUT2D eigenvalue weighted by Crippen LogP contribution is -2.12. The molecule has 0 unspecified atom stereocenters. The van der Waals surface area contributed by atoms with Crippen molar-refractivity contribution in [3.8, 4) is 17.2 Å². The van der Waals surface area contributed by atoms with Crippen molar-refractivity contribution in [1.82, 2.24) is 0 Å². The third-order valence-electron chi connectivity index (χ3n) is 2.33. The fourth-order valence-corrected chi connectivity index (χ4v) is 1.57. The molecule has 0 aliphatic rings. The zero-order valence-corrected chi connectivity index (χ0v) is 12.0. The summed E-state index contributed by atoms with van der Waals surface area (Å²) in [6, 6.07) is 3.16. The molecule has 19 heavy (non-hydrogen) atoms. The minimum atomic E-state index is -0.422. The van der Waals surface area contributed by atoms with Crippen molar-refractivity contribution in [1.29, 1.82) is 0 Å². The highest BCUT2D eigenvalue weighted by Crippen LogP contribution is 2.38. The summed E-state index contributed by atoms with van der Waals surface area (Å²) >= 11 is 0. The Balaban J connectivity index is 3.18. The standard InChI is InChI=1S/C14H20O5/c1-6-18-13-11(16-4)7-10(8-12(13)17-5)14(15)19-9(2)3/h7-9H,6H2,1-5H3. The van der Waals surface area contributed by atoms with Gasteiger partial charge in [-0.25, -0.2) is 4.79 Å². The largest absolute Gasteiger partial charge is 0.493 e. The smallest absolute Gasteiger partial charge is 0.338 e. The molecular weight excluding hydrogens is 248 g/mol. The van der Waals surface area contributed by atoms with Crippen LogP contribution in [0.2, 0.25) is 0 Å². The first-order valence-corrected chi connectivity index (χ1v) is 6.13. The predicted octanol–water partition coefficient (Wildman–Crippen LogP) is 2.67. The van der Waals surface area contributed by atoms with Crippen molar-refractivity contribution in [2.45, 2.75) is 26.9 Å². The summed E-state index contributed by atoms with van der Waals surface area (Å²) < 4.78 is 21.1. The molecule has 0 aromatic heterocycles. The lowest BCUT2D eigenvalue weighted by atomic mass is 10.2. The van der Waals surface area contributed by atoms with Gasteiger partial charge in [-0.05, 0) is 32.9 Å². The second-order valence-electron chi connectivity index (χ2n) is 4.10. The molecule has 5 nitrogen and oxygen atoms in total. The van der Waals surface area contributed by atoms with Gasteiger partial charge in [-0.3, -0.25) is 0 Å². The number of methoxy groups -OCH3 is 2. The number of rotatable bonds is 6. The fourth-order valence-electron chi connectivity index (χ4n) is 1.57. The van der Waals surface area contributed by atoms with Crippen LogP contribution in [0.25, 0.3) is 0 Å². The van der Waals surface area contributed by atoms with Crippen LogP contribution in [0.4, 0.5) is 0 Å². The van der Waals surface area contributed by atoms with Crippen molar-refractivity contribution in [3.63, 3.8) is 0 Å². The Bertz CT molecular complexity index is 414. The number of benzene rings is 1. The molecule has 1 aromatic carbocycles. The Kier molecular flexibility index (Phi) is 5.48. The van der Waals surface area contributed by atoms with E-state index in [2.05, 4.69) is 0 Å². The van der Waals surface area contributed by atoms with E-state index in [1.54, 1.807) is 26.0 Å². The molecule has 0 aliphatic carbocycles. The maximum absolute atomic E-state index is 11.9. The zero-order valence-electron chi connectivity index (χ0n) is 12.0. The lowest BCUT2D eigenvalue weighted by Gasteiger charge is -2.15. The zero-order chi connectivity index (χ0) is 14.4. The highest BCUT2D eigenvalue weighted by Gasteiger charge is 2.18. The first-order valence-electron chi connectivity index (χ1n) is 6.13. The SMILES string of the molecule is CCOc1c(OC)cc(C(=O)OC(C)C)cc1OC. The highest BCUT2D eigenvalue weighted by molar-refractivity contribution is 5.91. The van der Waals surface area contributed by atoms with Gasteiger partial charge in [-0.1, -0.05) is 0 Å². The molecule has 0 aliphatic heterocycles. The summed E-state index contributed by atoms with van der Waals surface area (Å²) in [4.78, 5) is 11.9. The molecule has 0 bridgehead atoms. The van der Waals surface area contributed by atoms with Crippen LogP contribution in [0.1, 0.15) is 31.1 Å². The maximum atomic E-state index is 11.9. The van der Waals surface area contributed by atoms with Crippen LogP contribution in [0, 0.1) is 0 Å². The van der Waals surface area contributed by atoms with Gasteiger partial charge in [-0.15, -0.1) is 0 Å². The van der Waals surface area contributed by atoms with Crippen molar-refractivity contribution >= 4 is 5.97 Å². The summed E-state index contributed by atoms with van der Waals surface area (Å²) in [5.41, 5.74) is 0.367. The second-order valence-corrected chi connectivity index (χ2v) is 4.10. The summed E-state index contributed by atoms with van der Waals surface area (Å²) in [5, 5.41) is 0. The van der Waals surface area contributed by atoms with Crippen LogP contribution in [0.5, 0.6) is 17.2 Å². The average Bonchev–Trinajstić information content (AvgIpc) is 2.38. The van der Waals surface area contributed by atoms with E-state index in [1.165, 1.54) is 14.2 Å². The first-order chi connectivity index (χ1) is 9.03. The van der Waals surface area contributed by atoms with Gasteiger partial charge in [0.25, 0.3) is 0 Å². The van der Waals surface area contributed by atoms with Crippen molar-refractivity contribution in [2.75, 3.05) is 20.8 Å². The van der Waals surface area contributed by atoms with Crippen LogP contribution < -0.4 is 14.2 Å². The van der Waals surface area contributed by atoms with Gasteiger partial charge in [0, 0.05) is 0 Å². The van der Waals surface area contributed by atoms with E-state index in [0.29, 0.717) is 29.4 Å². The minimum Gasteiger partial charge on any atom is -0.493 e. The summed E-state index contributed by atoms with van der Waals surface area (Å²) in [7, 11) is 3.02. The van der Waals surface area contributed by atoms with Crippen LogP contribution in [-0.4, -0.2) is 32.9 Å². The van der Waals surface area contributed by atoms with Crippen LogP contribution in [0.3, 0.4) is 0 Å².